The maximum absolute atomic E-state index is 12.6. The van der Waals surface area contributed by atoms with E-state index in [1.807, 2.05) is 84.9 Å². The molecular weight excluding hydrogens is 495 g/mol. The molecule has 0 aromatic heterocycles. The molecule has 2 N–H and O–H groups in total. The standard InChI is InChI=1S/C32H23O5P/c33-29-19-27(25-11-9-21-5-1-3-7-23(21)17-25)13-15-31(29)36-38(35)37-32-16-14-28(20-30(32)34)26-12-10-22-6-2-4-8-24(22)18-26/h1-20,33-34,38H. The average molecular weight is 519 g/mol. The molecule has 0 unspecified atom stereocenters. The lowest BCUT2D eigenvalue weighted by atomic mass is 10.0. The molecule has 38 heavy (non-hydrogen) atoms. The minimum Gasteiger partial charge on any atom is -0.504 e. The van der Waals surface area contributed by atoms with Crippen LogP contribution < -0.4 is 9.05 Å². The molecule has 6 aromatic carbocycles. The van der Waals surface area contributed by atoms with Crippen LogP contribution in [0.1, 0.15) is 0 Å². The Hall–Kier alpha value is -4.73. The third kappa shape index (κ3) is 4.80. The number of phenolic OH excluding ortho intramolecular Hbond substituents is 2. The molecule has 0 saturated heterocycles. The van der Waals surface area contributed by atoms with Crippen molar-refractivity contribution in [1.82, 2.24) is 0 Å². The van der Waals surface area contributed by atoms with Crippen molar-refractivity contribution < 1.29 is 23.8 Å². The Kier molecular flexibility index (Phi) is 6.20. The number of phenols is 2. The summed E-state index contributed by atoms with van der Waals surface area (Å²) in [5, 5.41) is 25.5. The van der Waals surface area contributed by atoms with Gasteiger partial charge >= 0.3 is 8.25 Å². The van der Waals surface area contributed by atoms with Crippen LogP contribution in [-0.4, -0.2) is 10.2 Å². The van der Waals surface area contributed by atoms with E-state index >= 15 is 0 Å². The highest BCUT2D eigenvalue weighted by atomic mass is 31.1. The number of benzene rings is 6. The summed E-state index contributed by atoms with van der Waals surface area (Å²) in [5.41, 5.74) is 3.46. The van der Waals surface area contributed by atoms with E-state index < -0.39 is 8.25 Å². The van der Waals surface area contributed by atoms with E-state index in [1.165, 1.54) is 0 Å². The Labute approximate surface area is 220 Å². The van der Waals surface area contributed by atoms with Crippen LogP contribution in [0.3, 0.4) is 0 Å². The van der Waals surface area contributed by atoms with Gasteiger partial charge in [-0.2, -0.15) is 0 Å². The zero-order valence-electron chi connectivity index (χ0n) is 20.2. The molecule has 6 aromatic rings. The fraction of sp³-hybridized carbons (Fsp3) is 0. The lowest BCUT2D eigenvalue weighted by molar-refractivity contribution is 0.381. The second kappa shape index (κ2) is 9.97. The lowest BCUT2D eigenvalue weighted by Gasteiger charge is -2.12. The molecule has 0 saturated carbocycles. The molecule has 0 fully saturated rings. The van der Waals surface area contributed by atoms with E-state index in [4.69, 9.17) is 9.05 Å². The summed E-state index contributed by atoms with van der Waals surface area (Å²) in [6.07, 6.45) is 0. The summed E-state index contributed by atoms with van der Waals surface area (Å²) >= 11 is 0. The molecule has 0 bridgehead atoms. The van der Waals surface area contributed by atoms with Crippen LogP contribution in [0.2, 0.25) is 0 Å². The Morgan fingerprint density at radius 1 is 0.447 bits per heavy atom. The van der Waals surface area contributed by atoms with E-state index in [-0.39, 0.29) is 23.0 Å². The van der Waals surface area contributed by atoms with Crippen molar-refractivity contribution in [1.29, 1.82) is 0 Å². The van der Waals surface area contributed by atoms with Crippen LogP contribution >= 0.6 is 8.25 Å². The molecule has 0 radical (unpaired) electrons. The van der Waals surface area contributed by atoms with Crippen molar-refractivity contribution >= 4 is 29.8 Å². The van der Waals surface area contributed by atoms with Gasteiger partial charge in [-0.05, 0) is 80.2 Å². The molecular formula is C32H23O5P. The van der Waals surface area contributed by atoms with Crippen LogP contribution in [0, 0.1) is 0 Å². The summed E-state index contributed by atoms with van der Waals surface area (Å²) in [7, 11) is -3.12. The largest absolute Gasteiger partial charge is 0.504 e. The van der Waals surface area contributed by atoms with E-state index in [0.717, 1.165) is 43.8 Å². The average Bonchev–Trinajstić information content (AvgIpc) is 2.94. The van der Waals surface area contributed by atoms with E-state index in [1.54, 1.807) is 36.4 Å². The molecule has 6 rings (SSSR count). The minimum atomic E-state index is -3.12. The molecule has 0 amide bonds. The SMILES string of the molecule is O=[PH](Oc1ccc(-c2ccc3ccccc3c2)cc1O)Oc1ccc(-c2ccc3ccccc3c2)cc1O. The maximum atomic E-state index is 12.6. The van der Waals surface area contributed by atoms with Gasteiger partial charge in [0.15, 0.2) is 23.0 Å². The molecule has 186 valence electrons. The van der Waals surface area contributed by atoms with Crippen molar-refractivity contribution in [3.63, 3.8) is 0 Å². The highest BCUT2D eigenvalue weighted by molar-refractivity contribution is 7.34. The van der Waals surface area contributed by atoms with Gasteiger partial charge in [0.1, 0.15) is 0 Å². The third-order valence-electron chi connectivity index (χ3n) is 6.47. The normalized spacial score (nSPS) is 11.2. The van der Waals surface area contributed by atoms with Gasteiger partial charge in [0.25, 0.3) is 0 Å². The maximum Gasteiger partial charge on any atom is 0.419 e. The van der Waals surface area contributed by atoms with E-state index in [2.05, 4.69) is 0 Å². The molecule has 0 spiro atoms. The number of hydrogen-bond acceptors (Lipinski definition) is 5. The lowest BCUT2D eigenvalue weighted by Crippen LogP contribution is -1.91. The number of fused-ring (bicyclic) bond motifs is 2. The fourth-order valence-electron chi connectivity index (χ4n) is 4.50. The van der Waals surface area contributed by atoms with Gasteiger partial charge in [0.05, 0.1) is 0 Å². The van der Waals surface area contributed by atoms with Gasteiger partial charge in [-0.25, -0.2) is 4.57 Å². The van der Waals surface area contributed by atoms with Crippen molar-refractivity contribution in [3.8, 4) is 45.3 Å². The minimum absolute atomic E-state index is 0.0331. The number of rotatable bonds is 6. The van der Waals surface area contributed by atoms with Crippen molar-refractivity contribution in [2.75, 3.05) is 0 Å². The number of aromatic hydroxyl groups is 2. The number of hydrogen-bond donors (Lipinski definition) is 2. The van der Waals surface area contributed by atoms with Crippen LogP contribution in [-0.2, 0) is 4.57 Å². The topological polar surface area (TPSA) is 76.0 Å². The predicted octanol–water partition coefficient (Wildman–Crippen LogP) is 8.59. The van der Waals surface area contributed by atoms with Gasteiger partial charge in [-0.1, -0.05) is 84.9 Å². The van der Waals surface area contributed by atoms with E-state index in [9.17, 15) is 14.8 Å². The molecule has 0 atom stereocenters. The van der Waals surface area contributed by atoms with Gasteiger partial charge in [-0.3, -0.25) is 0 Å². The van der Waals surface area contributed by atoms with Gasteiger partial charge in [0.2, 0.25) is 0 Å². The second-order valence-corrected chi connectivity index (χ2v) is 9.85. The smallest absolute Gasteiger partial charge is 0.419 e. The highest BCUT2D eigenvalue weighted by Crippen LogP contribution is 2.41. The summed E-state index contributed by atoms with van der Waals surface area (Å²) in [4.78, 5) is 0. The van der Waals surface area contributed by atoms with Gasteiger partial charge in [0, 0.05) is 0 Å². The van der Waals surface area contributed by atoms with Crippen LogP contribution in [0.25, 0.3) is 43.8 Å². The molecule has 5 nitrogen and oxygen atoms in total. The Balaban J connectivity index is 1.16. The molecule has 0 aliphatic heterocycles. The summed E-state index contributed by atoms with van der Waals surface area (Å²) in [6.45, 7) is 0. The van der Waals surface area contributed by atoms with Gasteiger partial charge in [-0.15, -0.1) is 0 Å². The van der Waals surface area contributed by atoms with Crippen LogP contribution in [0.15, 0.2) is 121 Å². The van der Waals surface area contributed by atoms with Crippen molar-refractivity contribution in [3.05, 3.63) is 121 Å². The first-order valence-corrected chi connectivity index (χ1v) is 13.3. The van der Waals surface area contributed by atoms with Gasteiger partial charge < -0.3 is 19.3 Å². The fourth-order valence-corrected chi connectivity index (χ4v) is 5.25. The molecule has 0 heterocycles. The van der Waals surface area contributed by atoms with Crippen molar-refractivity contribution in [2.24, 2.45) is 0 Å². The monoisotopic (exact) mass is 518 g/mol. The molecule has 0 aliphatic rings. The molecule has 6 heteroatoms. The molecule has 0 aliphatic carbocycles. The Morgan fingerprint density at radius 2 is 0.816 bits per heavy atom. The van der Waals surface area contributed by atoms with Crippen molar-refractivity contribution in [2.45, 2.75) is 0 Å². The first-order valence-electron chi connectivity index (χ1n) is 12.1. The second-order valence-electron chi connectivity index (χ2n) is 8.94. The quantitative estimate of drug-likeness (QED) is 0.216. The summed E-state index contributed by atoms with van der Waals surface area (Å²) in [5.74, 6) is -0.252. The first kappa shape index (κ1) is 23.7. The Bertz CT molecular complexity index is 1700. The third-order valence-corrected chi connectivity index (χ3v) is 7.24. The zero-order chi connectivity index (χ0) is 26.1. The first-order chi connectivity index (χ1) is 18.5. The van der Waals surface area contributed by atoms with E-state index in [0.29, 0.717) is 0 Å². The van der Waals surface area contributed by atoms with Crippen LogP contribution in [0.5, 0.6) is 23.0 Å². The Morgan fingerprint density at radius 3 is 1.24 bits per heavy atom. The summed E-state index contributed by atoms with van der Waals surface area (Å²) < 4.78 is 23.4. The predicted molar refractivity (Wildman–Crippen MR) is 152 cm³/mol. The summed E-state index contributed by atoms with van der Waals surface area (Å²) in [6, 6.07) is 38.0. The van der Waals surface area contributed by atoms with Crippen LogP contribution in [0.4, 0.5) is 0 Å². The highest BCUT2D eigenvalue weighted by Gasteiger charge is 2.13. The zero-order valence-corrected chi connectivity index (χ0v) is 21.2.